The van der Waals surface area contributed by atoms with Crippen LogP contribution in [0.15, 0.2) is 42.5 Å². The zero-order valence-electron chi connectivity index (χ0n) is 21.3. The van der Waals surface area contributed by atoms with Crippen molar-refractivity contribution in [2.45, 2.75) is 64.3 Å². The van der Waals surface area contributed by atoms with E-state index < -0.39 is 6.10 Å². The number of likely N-dealkylation sites (tertiary alicyclic amines) is 1. The molecule has 2 aromatic carbocycles. The predicted molar refractivity (Wildman–Crippen MR) is 141 cm³/mol. The first-order chi connectivity index (χ1) is 17.4. The number of piperidine rings is 1. The summed E-state index contributed by atoms with van der Waals surface area (Å²) in [6, 6.07) is 14.2. The number of benzene rings is 2. The third-order valence-corrected chi connectivity index (χ3v) is 7.49. The molecule has 0 saturated carbocycles. The van der Waals surface area contributed by atoms with Gasteiger partial charge in [-0.15, -0.1) is 0 Å². The van der Waals surface area contributed by atoms with Crippen LogP contribution in [-0.2, 0) is 20.7 Å². The molecule has 7 heteroatoms. The minimum absolute atomic E-state index is 0.00493. The van der Waals surface area contributed by atoms with Gasteiger partial charge in [0.15, 0.2) is 0 Å². The van der Waals surface area contributed by atoms with Crippen LogP contribution in [0.5, 0.6) is 5.75 Å². The number of nitrogens with zero attached hydrogens (tertiary/aromatic N) is 1. The van der Waals surface area contributed by atoms with Gasteiger partial charge in [0.25, 0.3) is 0 Å². The van der Waals surface area contributed by atoms with Crippen LogP contribution in [0.25, 0.3) is 0 Å². The fourth-order valence-corrected chi connectivity index (χ4v) is 5.43. The molecule has 2 fully saturated rings. The fourth-order valence-electron chi connectivity index (χ4n) is 5.24. The summed E-state index contributed by atoms with van der Waals surface area (Å²) in [6.07, 6.45) is 2.90. The highest BCUT2D eigenvalue weighted by atomic mass is 35.5. The first kappa shape index (κ1) is 26.9. The zero-order chi connectivity index (χ0) is 25.5. The normalized spacial score (nSPS) is 23.4. The van der Waals surface area contributed by atoms with E-state index in [2.05, 4.69) is 23.1 Å². The molecule has 0 amide bonds. The maximum Gasteiger partial charge on any atom is 0.309 e. The molecule has 2 aliphatic heterocycles. The van der Waals surface area contributed by atoms with Gasteiger partial charge in [0, 0.05) is 24.4 Å². The first-order valence-electron chi connectivity index (χ1n) is 13.2. The van der Waals surface area contributed by atoms with Crippen LogP contribution < -0.4 is 4.74 Å². The SMILES string of the molecule is CCOC(=O)C1CCN(CC2CC(O)CC(c3ccc(Cl)c(Cc4ccc(OCC)cc4)c3)O2)CC1. The smallest absolute Gasteiger partial charge is 0.309 e. The molecule has 0 bridgehead atoms. The molecule has 2 saturated heterocycles. The molecule has 0 spiro atoms. The van der Waals surface area contributed by atoms with Crippen LogP contribution in [0.3, 0.4) is 0 Å². The number of hydrogen-bond donors (Lipinski definition) is 1. The Kier molecular flexibility index (Phi) is 9.66. The second kappa shape index (κ2) is 12.9. The predicted octanol–water partition coefficient (Wildman–Crippen LogP) is 5.19. The number of esters is 1. The number of aliphatic hydroxyl groups is 1. The number of carbonyl (C=O) groups excluding carboxylic acids is 1. The summed E-state index contributed by atoms with van der Waals surface area (Å²) in [5.74, 6) is 0.779. The van der Waals surface area contributed by atoms with Crippen molar-refractivity contribution < 1.29 is 24.1 Å². The highest BCUT2D eigenvalue weighted by Gasteiger charge is 2.33. The monoisotopic (exact) mass is 515 g/mol. The van der Waals surface area contributed by atoms with E-state index in [1.54, 1.807) is 0 Å². The highest BCUT2D eigenvalue weighted by molar-refractivity contribution is 6.31. The molecule has 4 rings (SSSR count). The Hall–Kier alpha value is -2.12. The van der Waals surface area contributed by atoms with E-state index >= 15 is 0 Å². The summed E-state index contributed by atoms with van der Waals surface area (Å²) in [5.41, 5.74) is 3.25. The Morgan fingerprint density at radius 1 is 1.08 bits per heavy atom. The lowest BCUT2D eigenvalue weighted by molar-refractivity contribution is -0.150. The number of ether oxygens (including phenoxy) is 3. The van der Waals surface area contributed by atoms with Gasteiger partial charge in [-0.25, -0.2) is 0 Å². The Morgan fingerprint density at radius 2 is 1.83 bits per heavy atom. The van der Waals surface area contributed by atoms with E-state index in [1.165, 1.54) is 0 Å². The average Bonchev–Trinajstić information content (AvgIpc) is 2.87. The molecule has 196 valence electrons. The van der Waals surface area contributed by atoms with Crippen molar-refractivity contribution in [1.29, 1.82) is 0 Å². The third-order valence-electron chi connectivity index (χ3n) is 7.12. The van der Waals surface area contributed by atoms with E-state index in [0.29, 0.717) is 32.5 Å². The number of carbonyl (C=O) groups is 1. The molecule has 2 aromatic rings. The van der Waals surface area contributed by atoms with E-state index in [1.807, 2.05) is 38.1 Å². The molecular formula is C29H38ClNO5. The van der Waals surface area contributed by atoms with Crippen molar-refractivity contribution >= 4 is 17.6 Å². The molecule has 3 atom stereocenters. The lowest BCUT2D eigenvalue weighted by Gasteiger charge is -2.38. The molecule has 0 aromatic heterocycles. The van der Waals surface area contributed by atoms with Gasteiger partial charge in [0.1, 0.15) is 5.75 Å². The molecule has 0 radical (unpaired) electrons. The molecule has 36 heavy (non-hydrogen) atoms. The van der Waals surface area contributed by atoms with Gasteiger partial charge in [0.2, 0.25) is 0 Å². The molecule has 1 N–H and O–H groups in total. The van der Waals surface area contributed by atoms with E-state index in [4.69, 9.17) is 25.8 Å². The van der Waals surface area contributed by atoms with Crippen molar-refractivity contribution in [3.8, 4) is 5.75 Å². The Balaban J connectivity index is 1.37. The third kappa shape index (κ3) is 7.22. The number of halogens is 1. The topological polar surface area (TPSA) is 68.2 Å². The number of aliphatic hydroxyl groups excluding tert-OH is 1. The summed E-state index contributed by atoms with van der Waals surface area (Å²) >= 11 is 6.55. The van der Waals surface area contributed by atoms with Gasteiger partial charge in [0.05, 0.1) is 37.4 Å². The highest BCUT2D eigenvalue weighted by Crippen LogP contribution is 2.34. The maximum absolute atomic E-state index is 12.0. The van der Waals surface area contributed by atoms with Crippen LogP contribution in [0.4, 0.5) is 0 Å². The van der Waals surface area contributed by atoms with Crippen molar-refractivity contribution in [2.24, 2.45) is 5.92 Å². The zero-order valence-corrected chi connectivity index (χ0v) is 22.1. The summed E-state index contributed by atoms with van der Waals surface area (Å²) in [6.45, 7) is 7.35. The molecular weight excluding hydrogens is 478 g/mol. The van der Waals surface area contributed by atoms with E-state index in [0.717, 1.165) is 59.9 Å². The van der Waals surface area contributed by atoms with Gasteiger partial charge < -0.3 is 24.2 Å². The van der Waals surface area contributed by atoms with Crippen molar-refractivity contribution in [2.75, 3.05) is 32.8 Å². The fraction of sp³-hybridized carbons (Fsp3) is 0.552. The van der Waals surface area contributed by atoms with Gasteiger partial charge in [-0.2, -0.15) is 0 Å². The molecule has 0 aliphatic carbocycles. The lowest BCUT2D eigenvalue weighted by atomic mass is 9.93. The quantitative estimate of drug-likeness (QED) is 0.464. The van der Waals surface area contributed by atoms with Gasteiger partial charge in [-0.1, -0.05) is 35.9 Å². The van der Waals surface area contributed by atoms with Crippen LogP contribution in [0.2, 0.25) is 5.02 Å². The Labute approximate surface area is 219 Å². The number of hydrogen-bond acceptors (Lipinski definition) is 6. The van der Waals surface area contributed by atoms with Gasteiger partial charge in [-0.3, -0.25) is 4.79 Å². The standard InChI is InChI=1S/C29H38ClNO5/c1-3-34-25-8-5-20(6-9-25)15-23-16-22(7-10-27(23)30)28-18-24(32)17-26(36-28)19-31-13-11-21(12-14-31)29(33)35-4-2/h5-10,16,21,24,26,28,32H,3-4,11-15,17-19H2,1-2H3. The van der Waals surface area contributed by atoms with E-state index in [9.17, 15) is 9.90 Å². The van der Waals surface area contributed by atoms with Crippen molar-refractivity contribution in [3.05, 3.63) is 64.2 Å². The largest absolute Gasteiger partial charge is 0.494 e. The summed E-state index contributed by atoms with van der Waals surface area (Å²) in [5, 5.41) is 11.4. The average molecular weight is 516 g/mol. The minimum Gasteiger partial charge on any atom is -0.494 e. The molecule has 3 unspecified atom stereocenters. The second-order valence-corrected chi connectivity index (χ2v) is 10.2. The first-order valence-corrected chi connectivity index (χ1v) is 13.6. The Bertz CT molecular complexity index is 990. The van der Waals surface area contributed by atoms with Crippen molar-refractivity contribution in [1.82, 2.24) is 4.90 Å². The minimum atomic E-state index is -0.406. The van der Waals surface area contributed by atoms with Crippen molar-refractivity contribution in [3.63, 3.8) is 0 Å². The van der Waals surface area contributed by atoms with Gasteiger partial charge in [-0.05, 0) is 81.1 Å². The van der Waals surface area contributed by atoms with E-state index in [-0.39, 0.29) is 24.1 Å². The number of rotatable bonds is 9. The molecule has 2 aliphatic rings. The van der Waals surface area contributed by atoms with Crippen LogP contribution in [-0.4, -0.2) is 61.0 Å². The second-order valence-electron chi connectivity index (χ2n) is 9.80. The maximum atomic E-state index is 12.0. The summed E-state index contributed by atoms with van der Waals surface area (Å²) in [7, 11) is 0. The summed E-state index contributed by atoms with van der Waals surface area (Å²) in [4.78, 5) is 14.4. The van der Waals surface area contributed by atoms with Crippen LogP contribution in [0.1, 0.15) is 62.3 Å². The molecule has 6 nitrogen and oxygen atoms in total. The van der Waals surface area contributed by atoms with Crippen LogP contribution in [0, 0.1) is 5.92 Å². The summed E-state index contributed by atoms with van der Waals surface area (Å²) < 4.78 is 17.2. The van der Waals surface area contributed by atoms with Gasteiger partial charge >= 0.3 is 5.97 Å². The Morgan fingerprint density at radius 3 is 2.53 bits per heavy atom. The molecule has 2 heterocycles. The lowest BCUT2D eigenvalue weighted by Crippen LogP contribution is -2.44. The van der Waals surface area contributed by atoms with Crippen LogP contribution >= 0.6 is 11.6 Å².